The minimum atomic E-state index is -4.68. The second-order valence-corrected chi connectivity index (χ2v) is 9.99. The number of rotatable bonds is 9. The minimum Gasteiger partial charge on any atom is -0.354 e. The quantitative estimate of drug-likeness (QED) is 0.499. The van der Waals surface area contributed by atoms with Gasteiger partial charge in [0.05, 0.1) is 29.4 Å². The molecule has 4 rings (SSSR count). The van der Waals surface area contributed by atoms with Gasteiger partial charge in [-0.1, -0.05) is 38.1 Å². The first kappa shape index (κ1) is 25.8. The molecule has 1 fully saturated rings. The van der Waals surface area contributed by atoms with Gasteiger partial charge in [0.15, 0.2) is 0 Å². The lowest BCUT2D eigenvalue weighted by Gasteiger charge is -2.33. The van der Waals surface area contributed by atoms with Crippen LogP contribution in [0.4, 0.5) is 18.0 Å². The second kappa shape index (κ2) is 9.99. The molecule has 2 heterocycles. The van der Waals surface area contributed by atoms with E-state index in [-0.39, 0.29) is 36.1 Å². The van der Waals surface area contributed by atoms with E-state index in [0.717, 1.165) is 18.9 Å². The summed E-state index contributed by atoms with van der Waals surface area (Å²) in [5.41, 5.74) is -0.782. The molecule has 1 saturated carbocycles. The lowest BCUT2D eigenvalue weighted by Crippen LogP contribution is -2.49. The summed E-state index contributed by atoms with van der Waals surface area (Å²) in [6.07, 6.45) is -0.703. The Balaban J connectivity index is 1.74. The fraction of sp³-hybridized carbons (Fsp3) is 0.500. The molecule has 2 unspecified atom stereocenters. The van der Waals surface area contributed by atoms with E-state index >= 15 is 0 Å². The van der Waals surface area contributed by atoms with Crippen LogP contribution in [0.25, 0.3) is 0 Å². The molecule has 7 nitrogen and oxygen atoms in total. The largest absolute Gasteiger partial charge is 0.416 e. The number of benzene rings is 1. The monoisotopic (exact) mass is 504 g/mol. The van der Waals surface area contributed by atoms with Gasteiger partial charge in [-0.25, -0.2) is 4.79 Å². The molecule has 2 aliphatic heterocycles. The van der Waals surface area contributed by atoms with Gasteiger partial charge in [-0.15, -0.1) is 6.58 Å². The predicted molar refractivity (Wildman–Crippen MR) is 127 cm³/mol. The number of nitrogens with zero attached hydrogens (tertiary/aromatic N) is 2. The topological polar surface area (TPSA) is 81.8 Å². The van der Waals surface area contributed by atoms with Crippen molar-refractivity contribution < 1.29 is 27.6 Å². The summed E-state index contributed by atoms with van der Waals surface area (Å²) in [5, 5.41) is 5.53. The summed E-state index contributed by atoms with van der Waals surface area (Å²) >= 11 is 0. The van der Waals surface area contributed by atoms with Gasteiger partial charge in [0.25, 0.3) is 5.91 Å². The van der Waals surface area contributed by atoms with Crippen LogP contribution in [-0.2, 0) is 15.8 Å². The molecule has 3 aliphatic rings. The lowest BCUT2D eigenvalue weighted by molar-refractivity contribution is -0.139. The van der Waals surface area contributed by atoms with E-state index in [9.17, 15) is 27.6 Å². The lowest BCUT2D eigenvalue weighted by atomic mass is 9.91. The fourth-order valence-corrected chi connectivity index (χ4v) is 4.83. The van der Waals surface area contributed by atoms with Gasteiger partial charge < -0.3 is 15.5 Å². The van der Waals surface area contributed by atoms with Gasteiger partial charge in [-0.2, -0.15) is 13.2 Å². The number of hydrogen-bond donors (Lipinski definition) is 2. The van der Waals surface area contributed by atoms with Crippen molar-refractivity contribution in [3.05, 3.63) is 59.3 Å². The number of urea groups is 1. The highest BCUT2D eigenvalue weighted by Crippen LogP contribution is 2.42. The van der Waals surface area contributed by atoms with Crippen LogP contribution in [0.1, 0.15) is 50.3 Å². The van der Waals surface area contributed by atoms with Crippen molar-refractivity contribution in [3.8, 4) is 0 Å². The Morgan fingerprint density at radius 3 is 2.56 bits per heavy atom. The maximum atomic E-state index is 13.8. The van der Waals surface area contributed by atoms with Crippen molar-refractivity contribution in [1.29, 1.82) is 0 Å². The first-order chi connectivity index (χ1) is 17.0. The Kier molecular flexibility index (Phi) is 7.15. The standard InChI is InChI=1S/C26H31F3N4O3/c1-4-11-32-20-14-33(19(12-15(2)3)23(34)30-13-16-9-10-16)24(35)21(20)22(31-25(32)36)17-7-5-6-8-18(17)26(27,28)29/h4-8,15-16,19,22H,1,9-14H2,2-3H3,(H,30,34)(H,31,36). The highest BCUT2D eigenvalue weighted by molar-refractivity contribution is 6.03. The average Bonchev–Trinajstić information content (AvgIpc) is 3.59. The van der Waals surface area contributed by atoms with Gasteiger partial charge in [0.1, 0.15) is 6.04 Å². The van der Waals surface area contributed by atoms with Crippen molar-refractivity contribution in [1.82, 2.24) is 20.4 Å². The predicted octanol–water partition coefficient (Wildman–Crippen LogP) is 3.99. The summed E-state index contributed by atoms with van der Waals surface area (Å²) in [6, 6.07) is 2.19. The number of carbonyl (C=O) groups is 3. The van der Waals surface area contributed by atoms with Crippen molar-refractivity contribution in [3.63, 3.8) is 0 Å². The number of nitrogens with one attached hydrogen (secondary N) is 2. The molecule has 10 heteroatoms. The van der Waals surface area contributed by atoms with E-state index in [4.69, 9.17) is 0 Å². The van der Waals surface area contributed by atoms with Crippen LogP contribution in [0.2, 0.25) is 0 Å². The zero-order valence-corrected chi connectivity index (χ0v) is 20.4. The first-order valence-corrected chi connectivity index (χ1v) is 12.2. The zero-order chi connectivity index (χ0) is 26.2. The molecule has 0 saturated heterocycles. The van der Waals surface area contributed by atoms with E-state index in [2.05, 4.69) is 17.2 Å². The Morgan fingerprint density at radius 1 is 1.25 bits per heavy atom. The van der Waals surface area contributed by atoms with Crippen LogP contribution in [-0.4, -0.2) is 53.3 Å². The molecule has 0 bridgehead atoms. The molecule has 4 amide bonds. The Morgan fingerprint density at radius 2 is 1.94 bits per heavy atom. The molecular weight excluding hydrogens is 473 g/mol. The van der Waals surface area contributed by atoms with Crippen molar-refractivity contribution in [2.45, 2.75) is 51.4 Å². The van der Waals surface area contributed by atoms with Crippen LogP contribution in [0.15, 0.2) is 48.2 Å². The number of carbonyl (C=O) groups excluding carboxylic acids is 3. The van der Waals surface area contributed by atoms with Gasteiger partial charge in [0, 0.05) is 13.1 Å². The van der Waals surface area contributed by atoms with E-state index in [0.29, 0.717) is 24.6 Å². The molecule has 2 N–H and O–H groups in total. The third kappa shape index (κ3) is 5.12. The van der Waals surface area contributed by atoms with Crippen LogP contribution < -0.4 is 10.6 Å². The van der Waals surface area contributed by atoms with E-state index < -0.39 is 35.8 Å². The normalized spacial score (nSPS) is 21.0. The first-order valence-electron chi connectivity index (χ1n) is 12.2. The number of amides is 4. The maximum absolute atomic E-state index is 13.8. The molecule has 1 aromatic carbocycles. The average molecular weight is 505 g/mol. The molecule has 2 atom stereocenters. The Labute approximate surface area is 208 Å². The van der Waals surface area contributed by atoms with E-state index in [1.807, 2.05) is 13.8 Å². The van der Waals surface area contributed by atoms with Crippen molar-refractivity contribution in [2.24, 2.45) is 11.8 Å². The van der Waals surface area contributed by atoms with Crippen LogP contribution in [0, 0.1) is 11.8 Å². The molecule has 0 aromatic heterocycles. The Hall–Kier alpha value is -3.30. The van der Waals surface area contributed by atoms with Gasteiger partial charge >= 0.3 is 12.2 Å². The van der Waals surface area contributed by atoms with Gasteiger partial charge in [-0.05, 0) is 42.7 Å². The van der Waals surface area contributed by atoms with E-state index in [1.165, 1.54) is 34.1 Å². The summed E-state index contributed by atoms with van der Waals surface area (Å²) in [6.45, 7) is 8.09. The summed E-state index contributed by atoms with van der Waals surface area (Å²) in [7, 11) is 0. The second-order valence-electron chi connectivity index (χ2n) is 9.99. The van der Waals surface area contributed by atoms with Crippen LogP contribution >= 0.6 is 0 Å². The third-order valence-corrected chi connectivity index (χ3v) is 6.77. The van der Waals surface area contributed by atoms with Gasteiger partial charge in [-0.3, -0.25) is 14.5 Å². The molecule has 1 aliphatic carbocycles. The highest BCUT2D eigenvalue weighted by Gasteiger charge is 2.48. The molecule has 0 spiro atoms. The fourth-order valence-electron chi connectivity index (χ4n) is 4.83. The summed E-state index contributed by atoms with van der Waals surface area (Å²) < 4.78 is 41.5. The third-order valence-electron chi connectivity index (χ3n) is 6.77. The molecule has 194 valence electrons. The SMILES string of the molecule is C=CCN1C(=O)NC(c2ccccc2C(F)(F)F)C2=C1CN(C(CC(C)C)C(=O)NCC1CC1)C2=O. The van der Waals surface area contributed by atoms with Crippen molar-refractivity contribution >= 4 is 17.8 Å². The number of hydrogen-bond acceptors (Lipinski definition) is 3. The smallest absolute Gasteiger partial charge is 0.354 e. The highest BCUT2D eigenvalue weighted by atomic mass is 19.4. The van der Waals surface area contributed by atoms with Crippen LogP contribution in [0.3, 0.4) is 0 Å². The number of alkyl halides is 3. The van der Waals surface area contributed by atoms with Crippen molar-refractivity contribution in [2.75, 3.05) is 19.6 Å². The van der Waals surface area contributed by atoms with Crippen LogP contribution in [0.5, 0.6) is 0 Å². The molecule has 0 radical (unpaired) electrons. The number of halogens is 3. The Bertz CT molecular complexity index is 1090. The minimum absolute atomic E-state index is 0.0473. The zero-order valence-electron chi connectivity index (χ0n) is 20.4. The molecule has 1 aromatic rings. The molecule has 36 heavy (non-hydrogen) atoms. The van der Waals surface area contributed by atoms with E-state index in [1.54, 1.807) is 0 Å². The maximum Gasteiger partial charge on any atom is 0.416 e. The summed E-state index contributed by atoms with van der Waals surface area (Å²) in [5.74, 6) is -0.306. The van der Waals surface area contributed by atoms with Gasteiger partial charge in [0.2, 0.25) is 5.91 Å². The summed E-state index contributed by atoms with van der Waals surface area (Å²) in [4.78, 5) is 42.7. The molecular formula is C26H31F3N4O3.